The van der Waals surface area contributed by atoms with E-state index in [0.29, 0.717) is 42.0 Å². The zero-order chi connectivity index (χ0) is 28.4. The standard InChI is InChI=1S/C28H36ClN5O5/c1-17(2)14-22(26(36)31-11-10-30-12-13-35)34-24(27(37)32-16-18-6-4-3-5-7-18)23-20-9-8-19(29)15-21(20)33-25(23)28(38)39/h3-9,15,17,22,24,30,33-35H,10-14,16H2,1-2H3,(H,31,36)(H,32,37)(H,38,39). The highest BCUT2D eigenvalue weighted by Gasteiger charge is 2.33. The number of carboxylic acids is 1. The predicted molar refractivity (Wildman–Crippen MR) is 151 cm³/mol. The van der Waals surface area contributed by atoms with Gasteiger partial charge in [-0.05, 0) is 30.0 Å². The van der Waals surface area contributed by atoms with Gasteiger partial charge in [0.1, 0.15) is 11.7 Å². The molecule has 0 aliphatic rings. The smallest absolute Gasteiger partial charge is 0.352 e. The summed E-state index contributed by atoms with van der Waals surface area (Å²) in [7, 11) is 0. The Kier molecular flexibility index (Phi) is 11.3. The molecule has 0 fully saturated rings. The van der Waals surface area contributed by atoms with Gasteiger partial charge in [-0.3, -0.25) is 14.9 Å². The highest BCUT2D eigenvalue weighted by Crippen LogP contribution is 2.31. The van der Waals surface area contributed by atoms with Crippen molar-refractivity contribution in [2.45, 2.75) is 38.9 Å². The summed E-state index contributed by atoms with van der Waals surface area (Å²) >= 11 is 6.15. The molecule has 2 atom stereocenters. The van der Waals surface area contributed by atoms with Crippen molar-refractivity contribution in [1.29, 1.82) is 0 Å². The molecule has 0 radical (unpaired) electrons. The van der Waals surface area contributed by atoms with Crippen LogP contribution in [0.3, 0.4) is 0 Å². The van der Waals surface area contributed by atoms with Crippen LogP contribution < -0.4 is 21.3 Å². The molecule has 0 saturated carbocycles. The van der Waals surface area contributed by atoms with Crippen LogP contribution in [0.25, 0.3) is 10.9 Å². The first kappa shape index (κ1) is 30.1. The first-order valence-electron chi connectivity index (χ1n) is 12.9. The number of amides is 2. The summed E-state index contributed by atoms with van der Waals surface area (Å²) in [6.07, 6.45) is 0.412. The molecule has 10 nitrogen and oxygen atoms in total. The number of aromatic carboxylic acids is 1. The minimum absolute atomic E-state index is 0.00695. The second-order valence-corrected chi connectivity index (χ2v) is 10.1. The van der Waals surface area contributed by atoms with Crippen LogP contribution in [0.2, 0.25) is 5.02 Å². The summed E-state index contributed by atoms with van der Waals surface area (Å²) in [5.74, 6) is -1.91. The molecule has 11 heteroatoms. The van der Waals surface area contributed by atoms with E-state index in [1.807, 2.05) is 44.2 Å². The van der Waals surface area contributed by atoms with Crippen LogP contribution in [-0.4, -0.2) is 65.3 Å². The number of rotatable bonds is 15. The molecule has 0 aliphatic carbocycles. The van der Waals surface area contributed by atoms with Crippen LogP contribution in [0.15, 0.2) is 48.5 Å². The van der Waals surface area contributed by atoms with Gasteiger partial charge in [0.2, 0.25) is 11.8 Å². The van der Waals surface area contributed by atoms with E-state index < -0.39 is 24.0 Å². The number of aromatic amines is 1. The zero-order valence-electron chi connectivity index (χ0n) is 22.1. The van der Waals surface area contributed by atoms with Crippen LogP contribution in [0.4, 0.5) is 0 Å². The predicted octanol–water partition coefficient (Wildman–Crippen LogP) is 2.58. The second-order valence-electron chi connectivity index (χ2n) is 9.66. The summed E-state index contributed by atoms with van der Waals surface area (Å²) in [5.41, 5.74) is 1.42. The van der Waals surface area contributed by atoms with E-state index >= 15 is 0 Å². The van der Waals surface area contributed by atoms with Gasteiger partial charge in [-0.15, -0.1) is 0 Å². The lowest BCUT2D eigenvalue weighted by Crippen LogP contribution is -2.50. The Balaban J connectivity index is 1.97. The highest BCUT2D eigenvalue weighted by atomic mass is 35.5. The molecule has 39 heavy (non-hydrogen) atoms. The van der Waals surface area contributed by atoms with Gasteiger partial charge in [-0.1, -0.05) is 61.8 Å². The molecule has 3 rings (SSSR count). The Bertz CT molecular complexity index is 1260. The van der Waals surface area contributed by atoms with Crippen molar-refractivity contribution in [2.75, 3.05) is 26.2 Å². The van der Waals surface area contributed by atoms with Gasteiger partial charge in [0.05, 0.1) is 12.6 Å². The van der Waals surface area contributed by atoms with E-state index in [-0.39, 0.29) is 36.2 Å². The van der Waals surface area contributed by atoms with Gasteiger partial charge in [-0.25, -0.2) is 4.79 Å². The minimum atomic E-state index is -1.24. The third-order valence-corrected chi connectivity index (χ3v) is 6.39. The third kappa shape index (κ3) is 8.52. The van der Waals surface area contributed by atoms with E-state index in [9.17, 15) is 19.5 Å². The van der Waals surface area contributed by atoms with Gasteiger partial charge in [0.15, 0.2) is 0 Å². The van der Waals surface area contributed by atoms with E-state index in [1.54, 1.807) is 18.2 Å². The maximum atomic E-state index is 13.7. The van der Waals surface area contributed by atoms with Crippen molar-refractivity contribution in [2.24, 2.45) is 5.92 Å². The Morgan fingerprint density at radius 2 is 1.72 bits per heavy atom. The molecular formula is C28H36ClN5O5. The Hall–Kier alpha value is -3.44. The molecule has 0 aliphatic heterocycles. The molecule has 2 amide bonds. The molecule has 2 unspecified atom stereocenters. The van der Waals surface area contributed by atoms with E-state index in [0.717, 1.165) is 5.56 Å². The lowest BCUT2D eigenvalue weighted by molar-refractivity contribution is -0.126. The van der Waals surface area contributed by atoms with Crippen molar-refractivity contribution in [3.8, 4) is 0 Å². The lowest BCUT2D eigenvalue weighted by atomic mass is 9.97. The number of nitrogens with one attached hydrogen (secondary N) is 5. The number of hydrogen-bond donors (Lipinski definition) is 7. The fourth-order valence-corrected chi connectivity index (χ4v) is 4.53. The van der Waals surface area contributed by atoms with Crippen LogP contribution in [0.1, 0.15) is 47.9 Å². The van der Waals surface area contributed by atoms with Crippen LogP contribution in [-0.2, 0) is 16.1 Å². The SMILES string of the molecule is CC(C)CC(NC(C(=O)NCc1ccccc1)c1c(C(=O)O)[nH]c2cc(Cl)ccc12)C(=O)NCCNCCO. The summed E-state index contributed by atoms with van der Waals surface area (Å²) in [4.78, 5) is 42.1. The van der Waals surface area contributed by atoms with Crippen molar-refractivity contribution < 1.29 is 24.6 Å². The van der Waals surface area contributed by atoms with E-state index in [1.165, 1.54) is 0 Å². The van der Waals surface area contributed by atoms with E-state index in [2.05, 4.69) is 26.3 Å². The number of halogens is 1. The molecule has 0 saturated heterocycles. The number of aliphatic hydroxyl groups is 1. The van der Waals surface area contributed by atoms with Crippen LogP contribution in [0.5, 0.6) is 0 Å². The zero-order valence-corrected chi connectivity index (χ0v) is 22.8. The molecule has 1 heterocycles. The number of benzene rings is 2. The highest BCUT2D eigenvalue weighted by molar-refractivity contribution is 6.31. The number of carboxylic acid groups (broad SMARTS) is 1. The summed E-state index contributed by atoms with van der Waals surface area (Å²) < 4.78 is 0. The van der Waals surface area contributed by atoms with Gasteiger partial charge in [-0.2, -0.15) is 0 Å². The summed E-state index contributed by atoms with van der Waals surface area (Å²) in [6, 6.07) is 12.3. The molecular weight excluding hydrogens is 522 g/mol. The third-order valence-electron chi connectivity index (χ3n) is 6.16. The summed E-state index contributed by atoms with van der Waals surface area (Å²) in [6.45, 7) is 5.35. The number of hydrogen-bond acceptors (Lipinski definition) is 6. The largest absolute Gasteiger partial charge is 0.477 e. The van der Waals surface area contributed by atoms with Crippen molar-refractivity contribution in [3.63, 3.8) is 0 Å². The molecule has 1 aromatic heterocycles. The topological polar surface area (TPSA) is 156 Å². The minimum Gasteiger partial charge on any atom is -0.477 e. The Morgan fingerprint density at radius 3 is 2.38 bits per heavy atom. The number of aromatic nitrogens is 1. The van der Waals surface area contributed by atoms with Gasteiger partial charge >= 0.3 is 5.97 Å². The van der Waals surface area contributed by atoms with E-state index in [4.69, 9.17) is 16.7 Å². The molecule has 0 spiro atoms. The van der Waals surface area contributed by atoms with Gasteiger partial charge in [0.25, 0.3) is 0 Å². The van der Waals surface area contributed by atoms with Crippen LogP contribution >= 0.6 is 11.6 Å². The number of H-pyrrole nitrogens is 1. The Morgan fingerprint density at radius 1 is 0.974 bits per heavy atom. The maximum absolute atomic E-state index is 13.7. The van der Waals surface area contributed by atoms with Crippen molar-refractivity contribution in [3.05, 3.63) is 70.4 Å². The fourth-order valence-electron chi connectivity index (χ4n) is 4.36. The van der Waals surface area contributed by atoms with Crippen LogP contribution in [0, 0.1) is 5.92 Å². The number of aliphatic hydroxyl groups excluding tert-OH is 1. The summed E-state index contributed by atoms with van der Waals surface area (Å²) in [5, 5.41) is 31.8. The fraction of sp³-hybridized carbons (Fsp3) is 0.393. The Labute approximate surface area is 232 Å². The average molecular weight is 558 g/mol. The number of fused-ring (bicyclic) bond motifs is 1. The number of carbonyl (C=O) groups excluding carboxylic acids is 2. The van der Waals surface area contributed by atoms with Gasteiger partial charge in [0, 0.05) is 47.7 Å². The normalized spacial score (nSPS) is 12.8. The second kappa shape index (κ2) is 14.6. The van der Waals surface area contributed by atoms with Crippen molar-refractivity contribution >= 4 is 40.3 Å². The average Bonchev–Trinajstić information content (AvgIpc) is 3.28. The molecule has 0 bridgehead atoms. The first-order valence-corrected chi connectivity index (χ1v) is 13.3. The molecule has 2 aromatic carbocycles. The molecule has 210 valence electrons. The quantitative estimate of drug-likeness (QED) is 0.142. The molecule has 3 aromatic rings. The lowest BCUT2D eigenvalue weighted by Gasteiger charge is -2.26. The molecule has 7 N–H and O–H groups in total. The van der Waals surface area contributed by atoms with Gasteiger partial charge < -0.3 is 31.1 Å². The monoisotopic (exact) mass is 557 g/mol. The first-order chi connectivity index (χ1) is 18.7. The maximum Gasteiger partial charge on any atom is 0.352 e. The number of carbonyl (C=O) groups is 3. The van der Waals surface area contributed by atoms with Crippen molar-refractivity contribution in [1.82, 2.24) is 26.3 Å².